The van der Waals surface area contributed by atoms with Gasteiger partial charge in [0.25, 0.3) is 0 Å². The summed E-state index contributed by atoms with van der Waals surface area (Å²) < 4.78 is 6.11. The molecule has 20 heavy (non-hydrogen) atoms. The molecular weight excluding hydrogens is 250 g/mol. The standard InChI is InChI=1S/C16H17N3O/c17-10-11-2-1-3-14-15(8-9-19-16(11)14)20-13-6-4-12(18)5-7-13/h1-3,8-9,12-13H,4-7,18H2. The quantitative estimate of drug-likeness (QED) is 0.908. The number of nitrogens with two attached hydrogens (primary N) is 1. The zero-order chi connectivity index (χ0) is 13.9. The fourth-order valence-corrected chi connectivity index (χ4v) is 2.73. The molecule has 1 aromatic carbocycles. The molecule has 1 saturated carbocycles. The first kappa shape index (κ1) is 12.9. The van der Waals surface area contributed by atoms with E-state index in [4.69, 9.17) is 15.7 Å². The number of aromatic nitrogens is 1. The largest absolute Gasteiger partial charge is 0.490 e. The summed E-state index contributed by atoms with van der Waals surface area (Å²) in [5, 5.41) is 10.0. The predicted molar refractivity (Wildman–Crippen MR) is 77.3 cm³/mol. The maximum absolute atomic E-state index is 9.13. The molecule has 0 unspecified atom stereocenters. The van der Waals surface area contributed by atoms with Crippen LogP contribution in [0.4, 0.5) is 0 Å². The van der Waals surface area contributed by atoms with Crippen LogP contribution in [0.25, 0.3) is 10.9 Å². The molecule has 1 aromatic heterocycles. The van der Waals surface area contributed by atoms with E-state index in [-0.39, 0.29) is 6.10 Å². The lowest BCUT2D eigenvalue weighted by Crippen LogP contribution is -2.31. The van der Waals surface area contributed by atoms with Gasteiger partial charge in [-0.2, -0.15) is 5.26 Å². The van der Waals surface area contributed by atoms with E-state index in [1.165, 1.54) is 0 Å². The highest BCUT2D eigenvalue weighted by Crippen LogP contribution is 2.29. The van der Waals surface area contributed by atoms with Crippen molar-refractivity contribution in [2.45, 2.75) is 37.8 Å². The summed E-state index contributed by atoms with van der Waals surface area (Å²) >= 11 is 0. The maximum atomic E-state index is 9.13. The molecule has 102 valence electrons. The van der Waals surface area contributed by atoms with Gasteiger partial charge >= 0.3 is 0 Å². The van der Waals surface area contributed by atoms with Gasteiger partial charge in [-0.1, -0.05) is 6.07 Å². The SMILES string of the molecule is N#Cc1cccc2c(OC3CCC(N)CC3)ccnc12. The first-order chi connectivity index (χ1) is 9.78. The van der Waals surface area contributed by atoms with Gasteiger partial charge < -0.3 is 10.5 Å². The minimum Gasteiger partial charge on any atom is -0.490 e. The maximum Gasteiger partial charge on any atom is 0.130 e. The summed E-state index contributed by atoms with van der Waals surface area (Å²) in [6.07, 6.45) is 5.92. The monoisotopic (exact) mass is 267 g/mol. The predicted octanol–water partition coefficient (Wildman–Crippen LogP) is 2.76. The second-order valence-electron chi connectivity index (χ2n) is 5.28. The van der Waals surface area contributed by atoms with Crippen molar-refractivity contribution in [3.8, 4) is 11.8 Å². The van der Waals surface area contributed by atoms with E-state index in [9.17, 15) is 0 Å². The molecule has 1 aliphatic rings. The number of para-hydroxylation sites is 1. The zero-order valence-electron chi connectivity index (χ0n) is 11.2. The molecule has 0 spiro atoms. The molecule has 1 fully saturated rings. The van der Waals surface area contributed by atoms with Gasteiger partial charge in [-0.05, 0) is 43.9 Å². The minimum absolute atomic E-state index is 0.214. The van der Waals surface area contributed by atoms with Crippen LogP contribution in [0.2, 0.25) is 0 Å². The van der Waals surface area contributed by atoms with Gasteiger partial charge in [-0.15, -0.1) is 0 Å². The summed E-state index contributed by atoms with van der Waals surface area (Å²) in [6, 6.07) is 9.95. The van der Waals surface area contributed by atoms with Gasteiger partial charge in [0.15, 0.2) is 0 Å². The Kier molecular flexibility index (Phi) is 3.53. The Morgan fingerprint density at radius 1 is 1.20 bits per heavy atom. The number of hydrogen-bond acceptors (Lipinski definition) is 4. The van der Waals surface area contributed by atoms with E-state index in [2.05, 4.69) is 11.1 Å². The van der Waals surface area contributed by atoms with Crippen LogP contribution in [0.15, 0.2) is 30.5 Å². The van der Waals surface area contributed by atoms with E-state index < -0.39 is 0 Å². The zero-order valence-corrected chi connectivity index (χ0v) is 11.2. The van der Waals surface area contributed by atoms with Crippen LogP contribution in [0, 0.1) is 11.3 Å². The Morgan fingerprint density at radius 2 is 2.00 bits per heavy atom. The molecule has 0 amide bonds. The lowest BCUT2D eigenvalue weighted by Gasteiger charge is -2.27. The molecule has 1 aliphatic carbocycles. The van der Waals surface area contributed by atoms with Gasteiger partial charge in [0, 0.05) is 17.6 Å². The second kappa shape index (κ2) is 5.48. The number of pyridine rings is 1. The molecular formula is C16H17N3O. The molecule has 2 N–H and O–H groups in total. The number of nitrogens with zero attached hydrogens (tertiary/aromatic N) is 2. The number of nitriles is 1. The molecule has 1 heterocycles. The lowest BCUT2D eigenvalue weighted by molar-refractivity contribution is 0.149. The van der Waals surface area contributed by atoms with Crippen LogP contribution < -0.4 is 10.5 Å². The summed E-state index contributed by atoms with van der Waals surface area (Å²) in [5.74, 6) is 0.813. The third-order valence-electron chi connectivity index (χ3n) is 3.86. The van der Waals surface area contributed by atoms with Crippen molar-refractivity contribution in [2.24, 2.45) is 5.73 Å². The van der Waals surface area contributed by atoms with Crippen molar-refractivity contribution >= 4 is 10.9 Å². The van der Waals surface area contributed by atoms with Crippen molar-refractivity contribution in [2.75, 3.05) is 0 Å². The van der Waals surface area contributed by atoms with Gasteiger partial charge in [-0.3, -0.25) is 4.98 Å². The third-order valence-corrected chi connectivity index (χ3v) is 3.86. The smallest absolute Gasteiger partial charge is 0.130 e. The Balaban J connectivity index is 1.90. The van der Waals surface area contributed by atoms with Gasteiger partial charge in [0.05, 0.1) is 17.2 Å². The Bertz CT molecular complexity index is 654. The number of benzene rings is 1. The Morgan fingerprint density at radius 3 is 2.75 bits per heavy atom. The molecule has 4 nitrogen and oxygen atoms in total. The summed E-state index contributed by atoms with van der Waals surface area (Å²) in [6.45, 7) is 0. The van der Waals surface area contributed by atoms with E-state index in [0.29, 0.717) is 17.1 Å². The molecule has 2 aromatic rings. The van der Waals surface area contributed by atoms with E-state index in [0.717, 1.165) is 36.8 Å². The van der Waals surface area contributed by atoms with Crippen molar-refractivity contribution in [3.05, 3.63) is 36.0 Å². The molecule has 0 atom stereocenters. The van der Waals surface area contributed by atoms with Crippen LogP contribution in [0.3, 0.4) is 0 Å². The second-order valence-corrected chi connectivity index (χ2v) is 5.28. The average molecular weight is 267 g/mol. The normalized spacial score (nSPS) is 22.4. The Hall–Kier alpha value is -2.12. The highest BCUT2D eigenvalue weighted by atomic mass is 16.5. The van der Waals surface area contributed by atoms with Crippen LogP contribution in [-0.2, 0) is 0 Å². The first-order valence-corrected chi connectivity index (χ1v) is 6.98. The number of hydrogen-bond donors (Lipinski definition) is 1. The van der Waals surface area contributed by atoms with Gasteiger partial charge in [0.2, 0.25) is 0 Å². The highest BCUT2D eigenvalue weighted by Gasteiger charge is 2.20. The van der Waals surface area contributed by atoms with Gasteiger partial charge in [-0.25, -0.2) is 0 Å². The molecule has 0 aliphatic heterocycles. The lowest BCUT2D eigenvalue weighted by atomic mass is 9.93. The van der Waals surface area contributed by atoms with Crippen molar-refractivity contribution in [3.63, 3.8) is 0 Å². The summed E-state index contributed by atoms with van der Waals surface area (Å²) in [7, 11) is 0. The summed E-state index contributed by atoms with van der Waals surface area (Å²) in [5.41, 5.74) is 7.21. The van der Waals surface area contributed by atoms with Crippen molar-refractivity contribution in [1.82, 2.24) is 4.98 Å². The number of rotatable bonds is 2. The molecule has 3 rings (SSSR count). The van der Waals surface area contributed by atoms with Gasteiger partial charge in [0.1, 0.15) is 11.8 Å². The fourth-order valence-electron chi connectivity index (χ4n) is 2.73. The number of fused-ring (bicyclic) bond motifs is 1. The van der Waals surface area contributed by atoms with Crippen LogP contribution >= 0.6 is 0 Å². The third kappa shape index (κ3) is 2.45. The molecule has 0 saturated heterocycles. The fraction of sp³-hybridized carbons (Fsp3) is 0.375. The van der Waals surface area contributed by atoms with E-state index in [1.54, 1.807) is 12.3 Å². The van der Waals surface area contributed by atoms with Crippen molar-refractivity contribution < 1.29 is 4.74 Å². The van der Waals surface area contributed by atoms with Crippen LogP contribution in [-0.4, -0.2) is 17.1 Å². The highest BCUT2D eigenvalue weighted by molar-refractivity contribution is 5.89. The first-order valence-electron chi connectivity index (χ1n) is 6.98. The summed E-state index contributed by atoms with van der Waals surface area (Å²) in [4.78, 5) is 4.30. The number of ether oxygens (including phenoxy) is 1. The van der Waals surface area contributed by atoms with Crippen LogP contribution in [0.5, 0.6) is 5.75 Å². The van der Waals surface area contributed by atoms with Crippen molar-refractivity contribution in [1.29, 1.82) is 5.26 Å². The molecule has 0 bridgehead atoms. The minimum atomic E-state index is 0.214. The van der Waals surface area contributed by atoms with E-state index in [1.807, 2.05) is 18.2 Å². The topological polar surface area (TPSA) is 71.9 Å². The molecule has 0 radical (unpaired) electrons. The van der Waals surface area contributed by atoms with Crippen LogP contribution in [0.1, 0.15) is 31.2 Å². The Labute approximate surface area is 118 Å². The average Bonchev–Trinajstić information content (AvgIpc) is 2.49. The van der Waals surface area contributed by atoms with E-state index >= 15 is 0 Å². The molecule has 4 heteroatoms.